The Balaban J connectivity index is 1.68. The number of carbonyl (C=O) groups is 1. The van der Waals surface area contributed by atoms with Gasteiger partial charge in [-0.3, -0.25) is 10.1 Å². The average molecular weight is 400 g/mol. The van der Waals surface area contributed by atoms with Crippen molar-refractivity contribution in [3.05, 3.63) is 64.7 Å². The number of carbonyl (C=O) groups excluding carboxylic acids is 1. The third-order valence-electron chi connectivity index (χ3n) is 4.19. The summed E-state index contributed by atoms with van der Waals surface area (Å²) in [5.41, 5.74) is 1.74. The van der Waals surface area contributed by atoms with E-state index in [0.717, 1.165) is 16.3 Å². The molecule has 0 fully saturated rings. The van der Waals surface area contributed by atoms with Crippen LogP contribution in [0.4, 0.5) is 5.13 Å². The van der Waals surface area contributed by atoms with Crippen LogP contribution in [-0.2, 0) is 6.42 Å². The quantitative estimate of drug-likeness (QED) is 0.575. The molecule has 3 rings (SSSR count). The molecule has 3 aromatic rings. The molecule has 1 aromatic heterocycles. The van der Waals surface area contributed by atoms with Crippen molar-refractivity contribution in [2.45, 2.75) is 24.2 Å². The largest absolute Gasteiger partial charge is 0.496 e. The third kappa shape index (κ3) is 4.87. The van der Waals surface area contributed by atoms with E-state index in [2.05, 4.69) is 34.6 Å². The van der Waals surface area contributed by atoms with Gasteiger partial charge in [0.05, 0.1) is 12.7 Å². The van der Waals surface area contributed by atoms with E-state index in [1.165, 1.54) is 16.9 Å². The number of ether oxygens (including phenoxy) is 1. The molecule has 0 spiro atoms. The molecule has 0 aliphatic heterocycles. The molecular formula is C20H21N3O2S2. The Kier molecular flexibility index (Phi) is 6.47. The smallest absolute Gasteiger partial charge is 0.261 e. The van der Waals surface area contributed by atoms with Crippen LogP contribution in [0.1, 0.15) is 33.8 Å². The fourth-order valence-electron chi connectivity index (χ4n) is 2.70. The Hall–Kier alpha value is -2.38. The predicted octanol–water partition coefficient (Wildman–Crippen LogP) is 4.87. The second-order valence-corrected chi connectivity index (χ2v) is 7.98. The minimum atomic E-state index is -0.252. The molecular weight excluding hydrogens is 378 g/mol. The van der Waals surface area contributed by atoms with E-state index in [-0.39, 0.29) is 5.91 Å². The highest BCUT2D eigenvalue weighted by atomic mass is 32.2. The summed E-state index contributed by atoms with van der Waals surface area (Å²) in [6.07, 6.45) is 2.76. The Morgan fingerprint density at radius 3 is 2.70 bits per heavy atom. The molecule has 1 atom stereocenters. The van der Waals surface area contributed by atoms with E-state index in [4.69, 9.17) is 4.74 Å². The lowest BCUT2D eigenvalue weighted by Gasteiger charge is -2.09. The predicted molar refractivity (Wildman–Crippen MR) is 111 cm³/mol. The molecule has 0 saturated heterocycles. The number of benzene rings is 2. The number of aromatic nitrogens is 2. The van der Waals surface area contributed by atoms with Crippen LogP contribution in [0.3, 0.4) is 0 Å². The van der Waals surface area contributed by atoms with Crippen molar-refractivity contribution in [1.29, 1.82) is 0 Å². The van der Waals surface area contributed by atoms with Crippen LogP contribution in [0.25, 0.3) is 0 Å². The maximum atomic E-state index is 12.6. The highest BCUT2D eigenvalue weighted by Gasteiger charge is 2.16. The third-order valence-corrected chi connectivity index (χ3v) is 5.78. The fraction of sp³-hybridized carbons (Fsp3) is 0.250. The summed E-state index contributed by atoms with van der Waals surface area (Å²) < 4.78 is 5.35. The minimum Gasteiger partial charge on any atom is -0.496 e. The zero-order chi connectivity index (χ0) is 19.2. The molecule has 0 aliphatic rings. The zero-order valence-electron chi connectivity index (χ0n) is 15.4. The van der Waals surface area contributed by atoms with Gasteiger partial charge in [0.15, 0.2) is 0 Å². The molecule has 7 heteroatoms. The highest BCUT2D eigenvalue weighted by Crippen LogP contribution is 2.27. The molecule has 0 saturated carbocycles. The summed E-state index contributed by atoms with van der Waals surface area (Å²) in [6, 6.07) is 15.8. The molecule has 0 aliphatic carbocycles. The van der Waals surface area contributed by atoms with Crippen LogP contribution in [-0.4, -0.2) is 29.5 Å². The molecule has 2 aromatic carbocycles. The van der Waals surface area contributed by atoms with E-state index in [9.17, 15) is 4.79 Å². The Bertz CT molecular complexity index is 913. The van der Waals surface area contributed by atoms with Gasteiger partial charge in [-0.05, 0) is 35.9 Å². The van der Waals surface area contributed by atoms with Gasteiger partial charge >= 0.3 is 0 Å². The Labute approximate surface area is 167 Å². The average Bonchev–Trinajstić information content (AvgIpc) is 3.14. The maximum Gasteiger partial charge on any atom is 0.261 e. The second kappa shape index (κ2) is 9.01. The number of anilines is 1. The summed E-state index contributed by atoms with van der Waals surface area (Å²) in [7, 11) is 1.56. The van der Waals surface area contributed by atoms with Crippen molar-refractivity contribution < 1.29 is 9.53 Å². The van der Waals surface area contributed by atoms with Crippen molar-refractivity contribution in [2.75, 3.05) is 18.7 Å². The van der Waals surface area contributed by atoms with Crippen LogP contribution >= 0.6 is 23.1 Å². The topological polar surface area (TPSA) is 64.1 Å². The number of hydrogen-bond donors (Lipinski definition) is 1. The van der Waals surface area contributed by atoms with E-state index in [0.29, 0.717) is 22.4 Å². The highest BCUT2D eigenvalue weighted by molar-refractivity contribution is 7.98. The van der Waals surface area contributed by atoms with Crippen LogP contribution in [0.5, 0.6) is 5.75 Å². The molecule has 1 heterocycles. The standard InChI is InChI=1S/C20H21N3O2S2/c1-13(14-7-5-4-6-8-14)11-18-22-23-20(27-18)21-19(24)16-10-9-15(26-3)12-17(16)25-2/h4-10,12-13H,11H2,1-3H3,(H,21,23,24)/t13-/m0/s1. The Morgan fingerprint density at radius 2 is 2.00 bits per heavy atom. The Morgan fingerprint density at radius 1 is 1.22 bits per heavy atom. The molecule has 140 valence electrons. The monoisotopic (exact) mass is 399 g/mol. The summed E-state index contributed by atoms with van der Waals surface area (Å²) in [6.45, 7) is 2.16. The summed E-state index contributed by atoms with van der Waals surface area (Å²) in [5, 5.41) is 12.5. The number of rotatable bonds is 7. The number of amides is 1. The number of nitrogens with one attached hydrogen (secondary N) is 1. The lowest BCUT2D eigenvalue weighted by atomic mass is 9.98. The van der Waals surface area contributed by atoms with Gasteiger partial charge in [-0.15, -0.1) is 22.0 Å². The normalized spacial score (nSPS) is 11.8. The first-order valence-corrected chi connectivity index (χ1v) is 10.6. The van der Waals surface area contributed by atoms with Gasteiger partial charge in [-0.1, -0.05) is 48.6 Å². The first-order chi connectivity index (χ1) is 13.1. The van der Waals surface area contributed by atoms with Gasteiger partial charge < -0.3 is 4.74 Å². The van der Waals surface area contributed by atoms with Gasteiger partial charge in [0.1, 0.15) is 10.8 Å². The zero-order valence-corrected chi connectivity index (χ0v) is 17.1. The van der Waals surface area contributed by atoms with Gasteiger partial charge in [0.2, 0.25) is 5.13 Å². The molecule has 1 N–H and O–H groups in total. The van der Waals surface area contributed by atoms with Crippen LogP contribution in [0, 0.1) is 0 Å². The van der Waals surface area contributed by atoms with Crippen LogP contribution in [0.2, 0.25) is 0 Å². The minimum absolute atomic E-state index is 0.252. The van der Waals surface area contributed by atoms with E-state index < -0.39 is 0 Å². The van der Waals surface area contributed by atoms with E-state index >= 15 is 0 Å². The second-order valence-electron chi connectivity index (χ2n) is 6.04. The van der Waals surface area contributed by atoms with Gasteiger partial charge in [-0.2, -0.15) is 0 Å². The summed E-state index contributed by atoms with van der Waals surface area (Å²) in [4.78, 5) is 13.6. The number of methoxy groups -OCH3 is 1. The number of hydrogen-bond acceptors (Lipinski definition) is 6. The SMILES string of the molecule is COc1cc(SC)ccc1C(=O)Nc1nnc(C[C@H](C)c2ccccc2)s1. The van der Waals surface area contributed by atoms with Gasteiger partial charge in [0.25, 0.3) is 5.91 Å². The molecule has 1 amide bonds. The molecule has 0 bridgehead atoms. The van der Waals surface area contributed by atoms with Gasteiger partial charge in [-0.25, -0.2) is 0 Å². The molecule has 5 nitrogen and oxygen atoms in total. The van der Waals surface area contributed by atoms with E-state index in [1.54, 1.807) is 24.9 Å². The number of nitrogens with zero attached hydrogens (tertiary/aromatic N) is 2. The van der Waals surface area contributed by atoms with Crippen molar-refractivity contribution in [1.82, 2.24) is 10.2 Å². The lowest BCUT2D eigenvalue weighted by molar-refractivity contribution is 0.102. The molecule has 0 radical (unpaired) electrons. The lowest BCUT2D eigenvalue weighted by Crippen LogP contribution is -2.13. The fourth-order valence-corrected chi connectivity index (χ4v) is 3.99. The summed E-state index contributed by atoms with van der Waals surface area (Å²) >= 11 is 3.00. The van der Waals surface area contributed by atoms with Crippen molar-refractivity contribution in [3.8, 4) is 5.75 Å². The maximum absolute atomic E-state index is 12.6. The number of thioether (sulfide) groups is 1. The first-order valence-electron chi connectivity index (χ1n) is 8.51. The first kappa shape index (κ1) is 19.4. The van der Waals surface area contributed by atoms with Crippen LogP contribution < -0.4 is 10.1 Å². The van der Waals surface area contributed by atoms with Crippen molar-refractivity contribution in [2.24, 2.45) is 0 Å². The van der Waals surface area contributed by atoms with E-state index in [1.807, 2.05) is 36.6 Å². The van der Waals surface area contributed by atoms with Gasteiger partial charge in [0, 0.05) is 11.3 Å². The van der Waals surface area contributed by atoms with Crippen molar-refractivity contribution in [3.63, 3.8) is 0 Å². The molecule has 0 unspecified atom stereocenters. The molecule has 27 heavy (non-hydrogen) atoms. The van der Waals surface area contributed by atoms with Crippen LogP contribution in [0.15, 0.2) is 53.4 Å². The summed E-state index contributed by atoms with van der Waals surface area (Å²) in [5.74, 6) is 0.627. The van der Waals surface area contributed by atoms with Crippen molar-refractivity contribution >= 4 is 34.1 Å².